The maximum absolute atomic E-state index is 11.9. The third kappa shape index (κ3) is 2.61. The SMILES string of the molecule is CN(CCO)C(=O)c1sc(N(C)C)nc1N. The molecule has 0 bridgehead atoms. The van der Waals surface area contributed by atoms with Crippen molar-refractivity contribution in [2.75, 3.05) is 44.9 Å². The Labute approximate surface area is 98.3 Å². The fourth-order valence-corrected chi connectivity index (χ4v) is 1.99. The second-order valence-corrected chi connectivity index (χ2v) is 4.53. The van der Waals surface area contributed by atoms with Gasteiger partial charge < -0.3 is 20.6 Å². The molecule has 0 aromatic carbocycles. The lowest BCUT2D eigenvalue weighted by Crippen LogP contribution is -2.29. The van der Waals surface area contributed by atoms with E-state index in [-0.39, 0.29) is 24.9 Å². The van der Waals surface area contributed by atoms with Crippen LogP contribution in [0.4, 0.5) is 10.9 Å². The first-order chi connectivity index (χ1) is 7.47. The summed E-state index contributed by atoms with van der Waals surface area (Å²) in [5.41, 5.74) is 5.68. The minimum Gasteiger partial charge on any atom is -0.395 e. The average molecular weight is 244 g/mol. The Morgan fingerprint density at radius 2 is 2.12 bits per heavy atom. The van der Waals surface area contributed by atoms with E-state index in [1.165, 1.54) is 16.2 Å². The molecule has 0 unspecified atom stereocenters. The number of aliphatic hydroxyl groups excluding tert-OH is 1. The second kappa shape index (κ2) is 5.13. The van der Waals surface area contributed by atoms with Gasteiger partial charge in [0.05, 0.1) is 6.61 Å². The highest BCUT2D eigenvalue weighted by Gasteiger charge is 2.19. The van der Waals surface area contributed by atoms with E-state index >= 15 is 0 Å². The molecule has 1 aromatic rings. The molecule has 90 valence electrons. The van der Waals surface area contributed by atoms with Gasteiger partial charge in [-0.25, -0.2) is 4.98 Å². The molecule has 1 amide bonds. The summed E-state index contributed by atoms with van der Waals surface area (Å²) >= 11 is 1.25. The quantitative estimate of drug-likeness (QED) is 0.770. The van der Waals surface area contributed by atoms with E-state index in [1.54, 1.807) is 11.9 Å². The molecule has 0 saturated carbocycles. The van der Waals surface area contributed by atoms with Crippen LogP contribution in [0.15, 0.2) is 0 Å². The number of thiazole rings is 1. The molecule has 0 aliphatic rings. The largest absolute Gasteiger partial charge is 0.395 e. The van der Waals surface area contributed by atoms with Gasteiger partial charge in [-0.05, 0) is 0 Å². The highest BCUT2D eigenvalue weighted by Crippen LogP contribution is 2.27. The molecule has 0 radical (unpaired) electrons. The molecule has 0 atom stereocenters. The number of carbonyl (C=O) groups is 1. The van der Waals surface area contributed by atoms with Gasteiger partial charge in [0.2, 0.25) is 0 Å². The van der Waals surface area contributed by atoms with Crippen molar-refractivity contribution in [1.82, 2.24) is 9.88 Å². The molecule has 1 heterocycles. The standard InChI is InChI=1S/C9H16N4O2S/c1-12(2)9-11-7(10)6(16-9)8(15)13(3)4-5-14/h14H,4-5,10H2,1-3H3. The van der Waals surface area contributed by atoms with Crippen molar-refractivity contribution in [3.8, 4) is 0 Å². The van der Waals surface area contributed by atoms with Crippen LogP contribution in [0.1, 0.15) is 9.67 Å². The molecule has 1 aromatic heterocycles. The van der Waals surface area contributed by atoms with Gasteiger partial charge in [-0.2, -0.15) is 0 Å². The summed E-state index contributed by atoms with van der Waals surface area (Å²) in [5.74, 6) is 0.0284. The topological polar surface area (TPSA) is 82.7 Å². The Morgan fingerprint density at radius 1 is 1.50 bits per heavy atom. The molecule has 0 aliphatic heterocycles. The van der Waals surface area contributed by atoms with E-state index in [1.807, 2.05) is 14.1 Å². The molecular formula is C9H16N4O2S. The summed E-state index contributed by atoms with van der Waals surface area (Å²) in [6, 6.07) is 0. The lowest BCUT2D eigenvalue weighted by molar-refractivity contribution is 0.0772. The highest BCUT2D eigenvalue weighted by molar-refractivity contribution is 7.18. The first kappa shape index (κ1) is 12.7. The number of anilines is 2. The molecule has 3 N–H and O–H groups in total. The van der Waals surface area contributed by atoms with Crippen molar-refractivity contribution in [1.29, 1.82) is 0 Å². The molecule has 7 heteroatoms. The molecule has 0 saturated heterocycles. The third-order valence-corrected chi connectivity index (χ3v) is 3.23. The Bertz CT molecular complexity index is 378. The minimum absolute atomic E-state index is 0.0680. The fourth-order valence-electron chi connectivity index (χ4n) is 1.09. The lowest BCUT2D eigenvalue weighted by Gasteiger charge is -2.14. The fraction of sp³-hybridized carbons (Fsp3) is 0.556. The molecule has 16 heavy (non-hydrogen) atoms. The Balaban J connectivity index is 2.91. The predicted molar refractivity (Wildman–Crippen MR) is 64.9 cm³/mol. The molecule has 0 fully saturated rings. The zero-order valence-corrected chi connectivity index (χ0v) is 10.4. The number of hydrogen-bond acceptors (Lipinski definition) is 6. The van der Waals surface area contributed by atoms with Crippen LogP contribution in [0.2, 0.25) is 0 Å². The molecular weight excluding hydrogens is 228 g/mol. The van der Waals surface area contributed by atoms with E-state index in [4.69, 9.17) is 10.8 Å². The van der Waals surface area contributed by atoms with Crippen LogP contribution in [-0.4, -0.2) is 55.2 Å². The second-order valence-electron chi connectivity index (χ2n) is 3.56. The molecule has 0 spiro atoms. The maximum Gasteiger partial charge on any atom is 0.267 e. The Hall–Kier alpha value is -1.34. The normalized spacial score (nSPS) is 10.2. The van der Waals surface area contributed by atoms with Crippen molar-refractivity contribution in [3.63, 3.8) is 0 Å². The van der Waals surface area contributed by atoms with Crippen molar-refractivity contribution < 1.29 is 9.90 Å². The maximum atomic E-state index is 11.9. The van der Waals surface area contributed by atoms with E-state index in [0.717, 1.165) is 0 Å². The van der Waals surface area contributed by atoms with Gasteiger partial charge in [0, 0.05) is 27.7 Å². The van der Waals surface area contributed by atoms with Gasteiger partial charge in [0.15, 0.2) is 5.13 Å². The summed E-state index contributed by atoms with van der Waals surface area (Å²) in [5, 5.41) is 9.44. The van der Waals surface area contributed by atoms with Crippen molar-refractivity contribution in [2.45, 2.75) is 0 Å². The van der Waals surface area contributed by atoms with Gasteiger partial charge in [-0.1, -0.05) is 11.3 Å². The number of amides is 1. The van der Waals surface area contributed by atoms with Crippen LogP contribution >= 0.6 is 11.3 Å². The number of hydrogen-bond donors (Lipinski definition) is 2. The number of nitrogens with zero attached hydrogens (tertiary/aromatic N) is 3. The summed E-state index contributed by atoms with van der Waals surface area (Å²) < 4.78 is 0. The van der Waals surface area contributed by atoms with E-state index in [9.17, 15) is 4.79 Å². The van der Waals surface area contributed by atoms with Gasteiger partial charge in [0.1, 0.15) is 10.7 Å². The molecule has 0 aliphatic carbocycles. The molecule has 6 nitrogen and oxygen atoms in total. The van der Waals surface area contributed by atoms with Crippen molar-refractivity contribution in [2.24, 2.45) is 0 Å². The van der Waals surface area contributed by atoms with Crippen LogP contribution in [0.5, 0.6) is 0 Å². The van der Waals surface area contributed by atoms with Crippen LogP contribution in [0.25, 0.3) is 0 Å². The number of nitrogens with two attached hydrogens (primary N) is 1. The summed E-state index contributed by atoms with van der Waals surface area (Å²) in [4.78, 5) is 19.6. The van der Waals surface area contributed by atoms with E-state index < -0.39 is 0 Å². The van der Waals surface area contributed by atoms with Crippen LogP contribution in [0.3, 0.4) is 0 Å². The number of nitrogen functional groups attached to an aromatic ring is 1. The summed E-state index contributed by atoms with van der Waals surface area (Å²) in [6.07, 6.45) is 0. The third-order valence-electron chi connectivity index (χ3n) is 2.00. The number of likely N-dealkylation sites (N-methyl/N-ethyl adjacent to an activating group) is 1. The molecule has 1 rings (SSSR count). The van der Waals surface area contributed by atoms with Crippen LogP contribution in [-0.2, 0) is 0 Å². The summed E-state index contributed by atoms with van der Waals surface area (Å²) in [7, 11) is 5.29. The number of aromatic nitrogens is 1. The van der Waals surface area contributed by atoms with Gasteiger partial charge in [-0.15, -0.1) is 0 Å². The van der Waals surface area contributed by atoms with Crippen molar-refractivity contribution >= 4 is 28.2 Å². The van der Waals surface area contributed by atoms with E-state index in [2.05, 4.69) is 4.98 Å². The monoisotopic (exact) mass is 244 g/mol. The minimum atomic E-state index is -0.211. The highest BCUT2D eigenvalue weighted by atomic mass is 32.1. The first-order valence-electron chi connectivity index (χ1n) is 4.77. The van der Waals surface area contributed by atoms with Crippen molar-refractivity contribution in [3.05, 3.63) is 4.88 Å². The predicted octanol–water partition coefficient (Wildman–Crippen LogP) is -0.144. The number of rotatable bonds is 4. The van der Waals surface area contributed by atoms with E-state index in [0.29, 0.717) is 10.0 Å². The Kier molecular flexibility index (Phi) is 4.08. The smallest absolute Gasteiger partial charge is 0.267 e. The number of aliphatic hydroxyl groups is 1. The zero-order valence-electron chi connectivity index (χ0n) is 9.60. The first-order valence-corrected chi connectivity index (χ1v) is 5.59. The summed E-state index contributed by atoms with van der Waals surface area (Å²) in [6.45, 7) is 0.217. The number of carbonyl (C=O) groups excluding carboxylic acids is 1. The van der Waals surface area contributed by atoms with Gasteiger partial charge in [0.25, 0.3) is 5.91 Å². The van der Waals surface area contributed by atoms with Gasteiger partial charge in [-0.3, -0.25) is 4.79 Å². The Morgan fingerprint density at radius 3 is 2.56 bits per heavy atom. The van der Waals surface area contributed by atoms with Gasteiger partial charge >= 0.3 is 0 Å². The van der Waals surface area contributed by atoms with Crippen LogP contribution in [0, 0.1) is 0 Å². The zero-order chi connectivity index (χ0) is 12.3. The average Bonchev–Trinajstić information content (AvgIpc) is 2.60. The lowest BCUT2D eigenvalue weighted by atomic mass is 10.4. The van der Waals surface area contributed by atoms with Crippen LogP contribution < -0.4 is 10.6 Å².